The van der Waals surface area contributed by atoms with Gasteiger partial charge < -0.3 is 9.84 Å². The number of rotatable bonds is 8. The summed E-state index contributed by atoms with van der Waals surface area (Å²) >= 11 is 7.46. The molecule has 160 valence electrons. The van der Waals surface area contributed by atoms with E-state index in [0.717, 1.165) is 11.8 Å². The Hall–Kier alpha value is -2.07. The van der Waals surface area contributed by atoms with Crippen LogP contribution in [0.5, 0.6) is 5.75 Å². The Kier molecular flexibility index (Phi) is 6.76. The summed E-state index contributed by atoms with van der Waals surface area (Å²) in [5, 5.41) is 10.5. The zero-order valence-corrected chi connectivity index (χ0v) is 19.1. The summed E-state index contributed by atoms with van der Waals surface area (Å²) in [4.78, 5) is 16.4. The minimum absolute atomic E-state index is 0.0263. The number of aliphatic carboxylic acids is 1. The topological polar surface area (TPSA) is 96.8 Å². The van der Waals surface area contributed by atoms with Crippen LogP contribution in [0.1, 0.15) is 13.8 Å². The number of halogens is 1. The second-order valence-electron chi connectivity index (χ2n) is 6.40. The fraction of sp³-hybridized carbons (Fsp3) is 0.300. The molecular weight excluding hydrogens is 448 g/mol. The van der Waals surface area contributed by atoms with Crippen LogP contribution >= 0.6 is 23.4 Å². The van der Waals surface area contributed by atoms with Gasteiger partial charge in [-0.15, -0.1) is 11.8 Å². The molecule has 3 rings (SSSR count). The summed E-state index contributed by atoms with van der Waals surface area (Å²) in [6.07, 6.45) is 0. The fourth-order valence-corrected chi connectivity index (χ4v) is 6.09. The molecule has 1 aromatic heterocycles. The first-order chi connectivity index (χ1) is 14.2. The summed E-state index contributed by atoms with van der Waals surface area (Å²) in [6.45, 7) is 4.12. The number of hydrogen-bond acceptors (Lipinski definition) is 6. The number of ether oxygens (including phenoxy) is 1. The minimum Gasteiger partial charge on any atom is -0.497 e. The molecule has 2 aromatic carbocycles. The van der Waals surface area contributed by atoms with Gasteiger partial charge in [-0.2, -0.15) is 4.31 Å². The number of pyridine rings is 1. The number of carbonyl (C=O) groups is 1. The molecule has 1 heterocycles. The van der Waals surface area contributed by atoms with E-state index in [4.69, 9.17) is 16.3 Å². The normalized spacial score (nSPS) is 12.0. The van der Waals surface area contributed by atoms with Crippen molar-refractivity contribution in [3.63, 3.8) is 0 Å². The number of thioether (sulfide) groups is 1. The van der Waals surface area contributed by atoms with Crippen molar-refractivity contribution in [1.29, 1.82) is 0 Å². The van der Waals surface area contributed by atoms with Crippen LogP contribution in [0.2, 0.25) is 5.02 Å². The van der Waals surface area contributed by atoms with E-state index in [-0.39, 0.29) is 15.7 Å². The largest absolute Gasteiger partial charge is 0.497 e. The van der Waals surface area contributed by atoms with Crippen LogP contribution in [-0.2, 0) is 14.8 Å². The molecule has 0 atom stereocenters. The van der Waals surface area contributed by atoms with Crippen LogP contribution in [0.3, 0.4) is 0 Å². The number of carboxylic acid groups (broad SMARTS) is 1. The molecule has 3 aromatic rings. The van der Waals surface area contributed by atoms with Crippen LogP contribution < -0.4 is 4.74 Å². The van der Waals surface area contributed by atoms with Crippen molar-refractivity contribution >= 4 is 61.2 Å². The summed E-state index contributed by atoms with van der Waals surface area (Å²) in [7, 11) is -2.28. The highest BCUT2D eigenvalue weighted by molar-refractivity contribution is 8.00. The third kappa shape index (κ3) is 4.20. The lowest BCUT2D eigenvalue weighted by Gasteiger charge is -2.20. The van der Waals surface area contributed by atoms with Gasteiger partial charge in [-0.1, -0.05) is 25.4 Å². The van der Waals surface area contributed by atoms with Crippen LogP contribution in [0.25, 0.3) is 21.8 Å². The lowest BCUT2D eigenvalue weighted by molar-refractivity contribution is -0.133. The smallest absolute Gasteiger partial charge is 0.313 e. The molecule has 0 aliphatic carbocycles. The number of nitrogens with zero attached hydrogens (tertiary/aromatic N) is 2. The molecule has 0 spiro atoms. The van der Waals surface area contributed by atoms with Gasteiger partial charge in [-0.05, 0) is 30.3 Å². The van der Waals surface area contributed by atoms with Crippen molar-refractivity contribution < 1.29 is 23.1 Å². The molecule has 10 heteroatoms. The van der Waals surface area contributed by atoms with Crippen LogP contribution in [-0.4, -0.2) is 54.7 Å². The van der Waals surface area contributed by atoms with Crippen molar-refractivity contribution in [3.05, 3.63) is 35.4 Å². The molecule has 0 aliphatic heterocycles. The Balaban J connectivity index is 2.37. The molecule has 30 heavy (non-hydrogen) atoms. The molecule has 1 N–H and O–H groups in total. The Bertz CT molecular complexity index is 1230. The van der Waals surface area contributed by atoms with Crippen LogP contribution in [0.15, 0.2) is 40.1 Å². The van der Waals surface area contributed by atoms with Crippen molar-refractivity contribution in [1.82, 2.24) is 9.29 Å². The zero-order valence-electron chi connectivity index (χ0n) is 16.7. The minimum atomic E-state index is -3.81. The first-order valence-corrected chi connectivity index (χ1v) is 12.0. The lowest BCUT2D eigenvalue weighted by atomic mass is 10.1. The average molecular weight is 469 g/mol. The van der Waals surface area contributed by atoms with Gasteiger partial charge in [-0.25, -0.2) is 13.4 Å². The van der Waals surface area contributed by atoms with E-state index in [1.807, 2.05) is 0 Å². The van der Waals surface area contributed by atoms with Gasteiger partial charge in [0.05, 0.1) is 28.9 Å². The molecule has 0 aliphatic rings. The average Bonchev–Trinajstić information content (AvgIpc) is 2.70. The molecule has 0 unspecified atom stereocenters. The third-order valence-corrected chi connectivity index (χ3v) is 8.28. The van der Waals surface area contributed by atoms with Gasteiger partial charge in [0.15, 0.2) is 0 Å². The molecule has 0 saturated heterocycles. The number of fused-ring (bicyclic) bond motifs is 2. The van der Waals surface area contributed by atoms with Crippen molar-refractivity contribution in [2.45, 2.75) is 23.6 Å². The number of sulfonamides is 1. The summed E-state index contributed by atoms with van der Waals surface area (Å²) in [6, 6.07) is 8.29. The standard InChI is InChI=1S/C20H21ClN2O5S2/c1-4-23(5-2)30(26,27)18-9-14-17(10-15(18)21)22-16-7-6-12(28-3)8-13(16)20(14)29-11-19(24)25/h6-10H,4-5,11H2,1-3H3,(H,24,25). The zero-order chi connectivity index (χ0) is 22.1. The van der Waals surface area contributed by atoms with E-state index in [2.05, 4.69) is 4.98 Å². The molecular formula is C20H21ClN2O5S2. The van der Waals surface area contributed by atoms with Crippen molar-refractivity contribution in [2.24, 2.45) is 0 Å². The molecule has 0 radical (unpaired) electrons. The van der Waals surface area contributed by atoms with E-state index >= 15 is 0 Å². The van der Waals surface area contributed by atoms with E-state index < -0.39 is 16.0 Å². The molecule has 0 fully saturated rings. The van der Waals surface area contributed by atoms with Gasteiger partial charge >= 0.3 is 5.97 Å². The number of benzene rings is 2. The van der Waals surface area contributed by atoms with Crippen molar-refractivity contribution in [2.75, 3.05) is 26.0 Å². The number of methoxy groups -OCH3 is 1. The lowest BCUT2D eigenvalue weighted by Crippen LogP contribution is -2.30. The van der Waals surface area contributed by atoms with E-state index in [1.54, 1.807) is 32.0 Å². The first-order valence-electron chi connectivity index (χ1n) is 9.18. The second-order valence-corrected chi connectivity index (χ2v) is 9.69. The van der Waals surface area contributed by atoms with Gasteiger partial charge in [0.25, 0.3) is 0 Å². The summed E-state index contributed by atoms with van der Waals surface area (Å²) < 4.78 is 32.8. The number of carboxylic acids is 1. The Morgan fingerprint density at radius 2 is 1.83 bits per heavy atom. The van der Waals surface area contributed by atoms with Gasteiger partial charge in [0.1, 0.15) is 10.6 Å². The highest BCUT2D eigenvalue weighted by Gasteiger charge is 2.26. The maximum Gasteiger partial charge on any atom is 0.313 e. The molecule has 0 bridgehead atoms. The summed E-state index contributed by atoms with van der Waals surface area (Å²) in [5.41, 5.74) is 1.12. The number of hydrogen-bond donors (Lipinski definition) is 1. The monoisotopic (exact) mass is 468 g/mol. The predicted molar refractivity (Wildman–Crippen MR) is 119 cm³/mol. The highest BCUT2D eigenvalue weighted by atomic mass is 35.5. The molecule has 7 nitrogen and oxygen atoms in total. The fourth-order valence-electron chi connectivity index (χ4n) is 3.20. The first kappa shape index (κ1) is 22.6. The second kappa shape index (κ2) is 8.97. The highest BCUT2D eigenvalue weighted by Crippen LogP contribution is 2.39. The van der Waals surface area contributed by atoms with Crippen LogP contribution in [0.4, 0.5) is 0 Å². The van der Waals surface area contributed by atoms with E-state index in [9.17, 15) is 18.3 Å². The number of aromatic nitrogens is 1. The van der Waals surface area contributed by atoms with Gasteiger partial charge in [0.2, 0.25) is 10.0 Å². The summed E-state index contributed by atoms with van der Waals surface area (Å²) in [5.74, 6) is -0.580. The van der Waals surface area contributed by atoms with Crippen LogP contribution in [0, 0.1) is 0 Å². The predicted octanol–water partition coefficient (Wildman–Crippen LogP) is 4.26. The third-order valence-electron chi connectivity index (χ3n) is 4.65. The Morgan fingerprint density at radius 3 is 2.43 bits per heavy atom. The SMILES string of the molecule is CCN(CC)S(=O)(=O)c1cc2c(SCC(=O)O)c3cc(OC)ccc3nc2cc1Cl. The quantitative estimate of drug-likeness (QED) is 0.389. The Labute approximate surface area is 184 Å². The van der Waals surface area contributed by atoms with E-state index in [1.165, 1.54) is 23.5 Å². The Morgan fingerprint density at radius 1 is 1.17 bits per heavy atom. The maximum atomic E-state index is 13.1. The van der Waals surface area contributed by atoms with Crippen molar-refractivity contribution in [3.8, 4) is 5.75 Å². The van der Waals surface area contributed by atoms with Gasteiger partial charge in [-0.3, -0.25) is 4.79 Å². The maximum absolute atomic E-state index is 13.1. The van der Waals surface area contributed by atoms with Gasteiger partial charge in [0, 0.05) is 28.8 Å². The molecule has 0 amide bonds. The molecule has 0 saturated carbocycles. The van der Waals surface area contributed by atoms with E-state index in [0.29, 0.717) is 45.5 Å².